The maximum Gasteiger partial charge on any atom is 0.347 e. The van der Waals surface area contributed by atoms with Crippen LogP contribution in [-0.2, 0) is 9.53 Å². The molecule has 0 amide bonds. The van der Waals surface area contributed by atoms with Gasteiger partial charge in [0.1, 0.15) is 0 Å². The number of esters is 2. The summed E-state index contributed by atoms with van der Waals surface area (Å²) in [6.07, 6.45) is 4.26. The second kappa shape index (κ2) is 4.91. The van der Waals surface area contributed by atoms with Gasteiger partial charge in [-0.25, -0.2) is 4.79 Å². The first kappa shape index (κ1) is 10.1. The molecule has 14 heavy (non-hydrogen) atoms. The van der Waals surface area contributed by atoms with E-state index < -0.39 is 11.9 Å². The third-order valence-corrected chi connectivity index (χ3v) is 1.41. The fourth-order valence-electron chi connectivity index (χ4n) is 0.805. The Balaban J connectivity index is 2.59. The average Bonchev–Trinajstić information content (AvgIpc) is 2.19. The molecule has 0 aliphatic rings. The minimum atomic E-state index is -0.690. The van der Waals surface area contributed by atoms with Crippen LogP contribution in [0.2, 0.25) is 0 Å². The minimum absolute atomic E-state index is 0.0198. The Morgan fingerprint density at radius 1 is 1.57 bits per heavy atom. The van der Waals surface area contributed by atoms with E-state index in [0.29, 0.717) is 0 Å². The van der Waals surface area contributed by atoms with E-state index in [1.54, 1.807) is 6.07 Å². The normalized spacial score (nSPS) is 9.14. The number of rotatable bonds is 3. The Labute approximate surface area is 81.2 Å². The van der Waals surface area contributed by atoms with Gasteiger partial charge >= 0.3 is 11.9 Å². The third kappa shape index (κ3) is 2.82. The predicted octanol–water partition coefficient (Wildman–Crippen LogP) is 1.34. The van der Waals surface area contributed by atoms with Crippen molar-refractivity contribution >= 4 is 11.9 Å². The molecule has 1 rings (SSSR count). The summed E-state index contributed by atoms with van der Waals surface area (Å²) in [4.78, 5) is 25.8. The quantitative estimate of drug-likeness (QED) is 0.411. The smallest absolute Gasteiger partial charge is 0.347 e. The standard InChI is InChI=1S/C10H9NO3/c1-2-4-9(12)14-10(13)8-5-3-6-11-7-8/h2-3,5-7H,1,4H2. The van der Waals surface area contributed by atoms with Crippen LogP contribution in [0.3, 0.4) is 0 Å². The van der Waals surface area contributed by atoms with E-state index in [9.17, 15) is 9.59 Å². The van der Waals surface area contributed by atoms with Gasteiger partial charge in [0.15, 0.2) is 0 Å². The summed E-state index contributed by atoms with van der Waals surface area (Å²) < 4.78 is 4.49. The van der Waals surface area contributed by atoms with E-state index in [2.05, 4.69) is 16.3 Å². The van der Waals surface area contributed by atoms with Crippen LogP contribution in [0.15, 0.2) is 37.2 Å². The van der Waals surface area contributed by atoms with E-state index in [-0.39, 0.29) is 12.0 Å². The number of hydrogen-bond donors (Lipinski definition) is 0. The Morgan fingerprint density at radius 2 is 2.36 bits per heavy atom. The molecule has 1 aromatic rings. The first-order valence-electron chi connectivity index (χ1n) is 4.00. The Morgan fingerprint density at radius 3 is 2.93 bits per heavy atom. The number of ether oxygens (including phenoxy) is 1. The number of pyridine rings is 1. The molecule has 0 unspecified atom stereocenters. The van der Waals surface area contributed by atoms with E-state index in [1.165, 1.54) is 24.5 Å². The van der Waals surface area contributed by atoms with E-state index >= 15 is 0 Å². The lowest BCUT2D eigenvalue weighted by Crippen LogP contribution is -2.11. The first-order valence-corrected chi connectivity index (χ1v) is 4.00. The van der Waals surface area contributed by atoms with Crippen LogP contribution >= 0.6 is 0 Å². The number of carbonyl (C=O) groups excluding carboxylic acids is 2. The summed E-state index contributed by atoms with van der Waals surface area (Å²) >= 11 is 0. The van der Waals surface area contributed by atoms with Crippen LogP contribution < -0.4 is 0 Å². The van der Waals surface area contributed by atoms with Crippen molar-refractivity contribution in [3.8, 4) is 0 Å². The Bertz CT molecular complexity index is 346. The molecule has 0 bridgehead atoms. The highest BCUT2D eigenvalue weighted by Crippen LogP contribution is 2.00. The molecule has 0 saturated heterocycles. The molecule has 0 spiro atoms. The van der Waals surface area contributed by atoms with Crippen LogP contribution in [0.4, 0.5) is 0 Å². The number of nitrogens with zero attached hydrogens (tertiary/aromatic N) is 1. The van der Waals surface area contributed by atoms with Crippen LogP contribution in [0.25, 0.3) is 0 Å². The van der Waals surface area contributed by atoms with Crippen LogP contribution in [0, 0.1) is 0 Å². The van der Waals surface area contributed by atoms with Crippen molar-refractivity contribution in [1.82, 2.24) is 4.98 Å². The zero-order valence-electron chi connectivity index (χ0n) is 7.47. The molecule has 0 aromatic carbocycles. The molecular formula is C10H9NO3. The summed E-state index contributed by atoms with van der Waals surface area (Å²) in [5.74, 6) is -1.31. The van der Waals surface area contributed by atoms with Gasteiger partial charge in [0, 0.05) is 12.4 Å². The molecule has 0 aliphatic carbocycles. The van der Waals surface area contributed by atoms with Gasteiger partial charge in [-0.1, -0.05) is 6.08 Å². The van der Waals surface area contributed by atoms with Crippen molar-refractivity contribution in [3.05, 3.63) is 42.7 Å². The van der Waals surface area contributed by atoms with Gasteiger partial charge in [-0.2, -0.15) is 0 Å². The fourth-order valence-corrected chi connectivity index (χ4v) is 0.805. The average molecular weight is 191 g/mol. The van der Waals surface area contributed by atoms with Gasteiger partial charge in [-0.3, -0.25) is 9.78 Å². The zero-order valence-corrected chi connectivity index (χ0v) is 7.47. The Kier molecular flexibility index (Phi) is 3.55. The summed E-state index contributed by atoms with van der Waals surface area (Å²) in [6.45, 7) is 3.36. The molecule has 0 N–H and O–H groups in total. The van der Waals surface area contributed by atoms with Gasteiger partial charge in [-0.05, 0) is 12.1 Å². The summed E-state index contributed by atoms with van der Waals surface area (Å²) in [6, 6.07) is 3.12. The van der Waals surface area contributed by atoms with Crippen LogP contribution in [0.5, 0.6) is 0 Å². The number of hydrogen-bond acceptors (Lipinski definition) is 4. The molecule has 1 aromatic heterocycles. The van der Waals surface area contributed by atoms with Crippen molar-refractivity contribution in [2.45, 2.75) is 6.42 Å². The second-order valence-corrected chi connectivity index (χ2v) is 2.50. The number of aromatic nitrogens is 1. The lowest BCUT2D eigenvalue weighted by Gasteiger charge is -1.99. The van der Waals surface area contributed by atoms with Crippen LogP contribution in [0.1, 0.15) is 16.8 Å². The van der Waals surface area contributed by atoms with E-state index in [1.807, 2.05) is 0 Å². The minimum Gasteiger partial charge on any atom is -0.389 e. The molecule has 4 heteroatoms. The second-order valence-electron chi connectivity index (χ2n) is 2.50. The van der Waals surface area contributed by atoms with Crippen molar-refractivity contribution in [2.24, 2.45) is 0 Å². The fraction of sp³-hybridized carbons (Fsp3) is 0.100. The van der Waals surface area contributed by atoms with Crippen molar-refractivity contribution in [3.63, 3.8) is 0 Å². The number of carbonyl (C=O) groups is 2. The molecule has 72 valence electrons. The van der Waals surface area contributed by atoms with Gasteiger partial charge < -0.3 is 4.74 Å². The molecule has 0 aliphatic heterocycles. The summed E-state index contributed by atoms with van der Waals surface area (Å²) in [7, 11) is 0. The lowest BCUT2D eigenvalue weighted by molar-refractivity contribution is -0.136. The molecular weight excluding hydrogens is 182 g/mol. The van der Waals surface area contributed by atoms with Crippen molar-refractivity contribution in [1.29, 1.82) is 0 Å². The highest BCUT2D eigenvalue weighted by atomic mass is 16.6. The predicted molar refractivity (Wildman–Crippen MR) is 49.5 cm³/mol. The lowest BCUT2D eigenvalue weighted by atomic mass is 10.3. The molecule has 0 atom stereocenters. The first-order chi connectivity index (χ1) is 6.74. The van der Waals surface area contributed by atoms with Gasteiger partial charge in [0.2, 0.25) is 0 Å². The maximum atomic E-state index is 11.2. The monoisotopic (exact) mass is 191 g/mol. The molecule has 1 heterocycles. The zero-order chi connectivity index (χ0) is 10.4. The van der Waals surface area contributed by atoms with Gasteiger partial charge in [0.05, 0.1) is 12.0 Å². The van der Waals surface area contributed by atoms with Crippen molar-refractivity contribution < 1.29 is 14.3 Å². The summed E-state index contributed by atoms with van der Waals surface area (Å²) in [5, 5.41) is 0. The topological polar surface area (TPSA) is 56.3 Å². The SMILES string of the molecule is C=CCC(=O)OC(=O)c1cccnc1. The van der Waals surface area contributed by atoms with E-state index in [4.69, 9.17) is 0 Å². The van der Waals surface area contributed by atoms with Crippen molar-refractivity contribution in [2.75, 3.05) is 0 Å². The van der Waals surface area contributed by atoms with Gasteiger partial charge in [0.25, 0.3) is 0 Å². The van der Waals surface area contributed by atoms with E-state index in [0.717, 1.165) is 0 Å². The maximum absolute atomic E-state index is 11.2. The molecule has 0 fully saturated rings. The highest BCUT2D eigenvalue weighted by Gasteiger charge is 2.10. The van der Waals surface area contributed by atoms with Gasteiger partial charge in [-0.15, -0.1) is 6.58 Å². The third-order valence-electron chi connectivity index (χ3n) is 1.41. The molecule has 0 radical (unpaired) electrons. The largest absolute Gasteiger partial charge is 0.389 e. The molecule has 4 nitrogen and oxygen atoms in total. The summed E-state index contributed by atoms with van der Waals surface area (Å²) in [5.41, 5.74) is 0.255. The van der Waals surface area contributed by atoms with Crippen LogP contribution in [-0.4, -0.2) is 16.9 Å². The molecule has 0 saturated carbocycles. The Hall–Kier alpha value is -1.97. The highest BCUT2D eigenvalue weighted by molar-refractivity contribution is 5.96.